The third-order valence-electron chi connectivity index (χ3n) is 2.83. The van der Waals surface area contributed by atoms with E-state index in [0.717, 1.165) is 21.5 Å². The lowest BCUT2D eigenvalue weighted by molar-refractivity contribution is 0.242. The quantitative estimate of drug-likeness (QED) is 0.737. The standard InChI is InChI=1S/C17H19BrN2OS/c1-12(2)21-16-8-6-13(7-9-16)11-19-17(22)20-15-5-3-4-14(18)10-15/h3-10,12H,11H2,1-2H3,(H2,19,20,22). The first-order chi connectivity index (χ1) is 10.5. The van der Waals surface area contributed by atoms with E-state index in [4.69, 9.17) is 17.0 Å². The van der Waals surface area contributed by atoms with Crippen LogP contribution in [0.5, 0.6) is 5.75 Å². The number of thiocarbonyl (C=S) groups is 1. The van der Waals surface area contributed by atoms with E-state index in [0.29, 0.717) is 11.7 Å². The van der Waals surface area contributed by atoms with Crippen LogP contribution in [-0.2, 0) is 6.54 Å². The van der Waals surface area contributed by atoms with Gasteiger partial charge in [0.15, 0.2) is 5.11 Å². The maximum atomic E-state index is 5.62. The monoisotopic (exact) mass is 378 g/mol. The highest BCUT2D eigenvalue weighted by Crippen LogP contribution is 2.16. The van der Waals surface area contributed by atoms with Gasteiger partial charge in [0.25, 0.3) is 0 Å². The van der Waals surface area contributed by atoms with Crippen molar-refractivity contribution >= 4 is 38.9 Å². The topological polar surface area (TPSA) is 33.3 Å². The van der Waals surface area contributed by atoms with Gasteiger partial charge in [0, 0.05) is 16.7 Å². The molecule has 0 radical (unpaired) electrons. The van der Waals surface area contributed by atoms with E-state index < -0.39 is 0 Å². The Bertz CT molecular complexity index is 629. The van der Waals surface area contributed by atoms with E-state index in [-0.39, 0.29) is 6.10 Å². The van der Waals surface area contributed by atoms with Crippen LogP contribution in [0, 0.1) is 0 Å². The average molecular weight is 379 g/mol. The fourth-order valence-corrected chi connectivity index (χ4v) is 2.47. The normalized spacial score (nSPS) is 10.4. The third kappa shape index (κ3) is 5.66. The van der Waals surface area contributed by atoms with Crippen LogP contribution in [0.2, 0.25) is 0 Å². The maximum absolute atomic E-state index is 5.62. The molecule has 2 aromatic rings. The second kappa shape index (κ2) is 8.15. The molecule has 0 spiro atoms. The van der Waals surface area contributed by atoms with Crippen molar-refractivity contribution in [1.29, 1.82) is 0 Å². The Morgan fingerprint density at radius 3 is 2.55 bits per heavy atom. The number of rotatable bonds is 5. The molecule has 2 N–H and O–H groups in total. The highest BCUT2D eigenvalue weighted by molar-refractivity contribution is 9.10. The minimum atomic E-state index is 0.186. The van der Waals surface area contributed by atoms with Crippen LogP contribution in [0.3, 0.4) is 0 Å². The summed E-state index contributed by atoms with van der Waals surface area (Å²) < 4.78 is 6.64. The molecule has 0 saturated heterocycles. The van der Waals surface area contributed by atoms with Gasteiger partial charge in [-0.15, -0.1) is 0 Å². The summed E-state index contributed by atoms with van der Waals surface area (Å²) in [5, 5.41) is 6.95. The van der Waals surface area contributed by atoms with Crippen molar-refractivity contribution in [3.63, 3.8) is 0 Å². The predicted octanol–water partition coefficient (Wildman–Crippen LogP) is 4.72. The first-order valence-electron chi connectivity index (χ1n) is 7.09. The van der Waals surface area contributed by atoms with E-state index >= 15 is 0 Å². The summed E-state index contributed by atoms with van der Waals surface area (Å²) in [4.78, 5) is 0. The maximum Gasteiger partial charge on any atom is 0.171 e. The van der Waals surface area contributed by atoms with Crippen molar-refractivity contribution in [3.05, 3.63) is 58.6 Å². The number of anilines is 1. The van der Waals surface area contributed by atoms with E-state index in [1.165, 1.54) is 0 Å². The summed E-state index contributed by atoms with van der Waals surface area (Å²) in [5.74, 6) is 0.883. The van der Waals surface area contributed by atoms with Gasteiger partial charge in [-0.1, -0.05) is 34.1 Å². The van der Waals surface area contributed by atoms with Crippen LogP contribution in [0.4, 0.5) is 5.69 Å². The van der Waals surface area contributed by atoms with Crippen LogP contribution in [0.1, 0.15) is 19.4 Å². The fraction of sp³-hybridized carbons (Fsp3) is 0.235. The van der Waals surface area contributed by atoms with Gasteiger partial charge < -0.3 is 15.4 Å². The molecule has 2 rings (SSSR count). The first kappa shape index (κ1) is 16.8. The molecule has 2 aromatic carbocycles. The van der Waals surface area contributed by atoms with E-state index in [2.05, 4.69) is 26.6 Å². The van der Waals surface area contributed by atoms with Crippen LogP contribution >= 0.6 is 28.1 Å². The fourth-order valence-electron chi connectivity index (χ4n) is 1.88. The first-order valence-corrected chi connectivity index (χ1v) is 8.29. The zero-order valence-electron chi connectivity index (χ0n) is 12.6. The summed E-state index contributed by atoms with van der Waals surface area (Å²) in [6, 6.07) is 15.9. The molecule has 0 fully saturated rings. The summed E-state index contributed by atoms with van der Waals surface area (Å²) in [6.45, 7) is 4.70. The van der Waals surface area contributed by atoms with Crippen molar-refractivity contribution in [3.8, 4) is 5.75 Å². The van der Waals surface area contributed by atoms with Gasteiger partial charge in [-0.3, -0.25) is 0 Å². The van der Waals surface area contributed by atoms with Gasteiger partial charge >= 0.3 is 0 Å². The summed E-state index contributed by atoms with van der Waals surface area (Å²) in [5.41, 5.74) is 2.10. The zero-order valence-corrected chi connectivity index (χ0v) is 15.0. The molecular weight excluding hydrogens is 360 g/mol. The number of nitrogens with one attached hydrogen (secondary N) is 2. The Labute approximate surface area is 145 Å². The molecule has 116 valence electrons. The Morgan fingerprint density at radius 2 is 1.91 bits per heavy atom. The van der Waals surface area contributed by atoms with E-state index in [9.17, 15) is 0 Å². The molecule has 22 heavy (non-hydrogen) atoms. The van der Waals surface area contributed by atoms with Gasteiger partial charge in [-0.2, -0.15) is 0 Å². The van der Waals surface area contributed by atoms with E-state index in [1.54, 1.807) is 0 Å². The molecule has 0 amide bonds. The molecule has 0 aliphatic heterocycles. The Hall–Kier alpha value is -1.59. The summed E-state index contributed by atoms with van der Waals surface area (Å²) in [7, 11) is 0. The van der Waals surface area contributed by atoms with Gasteiger partial charge in [0.05, 0.1) is 6.10 Å². The van der Waals surface area contributed by atoms with Crippen molar-refractivity contribution in [2.24, 2.45) is 0 Å². The molecule has 0 aliphatic rings. The Balaban J connectivity index is 1.83. The molecule has 0 heterocycles. The van der Waals surface area contributed by atoms with Gasteiger partial charge in [0.2, 0.25) is 0 Å². The lowest BCUT2D eigenvalue weighted by Crippen LogP contribution is -2.27. The lowest BCUT2D eigenvalue weighted by Gasteiger charge is -2.12. The minimum absolute atomic E-state index is 0.186. The number of hydrogen-bond donors (Lipinski definition) is 2. The van der Waals surface area contributed by atoms with Crippen LogP contribution in [0.25, 0.3) is 0 Å². The van der Waals surface area contributed by atoms with Crippen molar-refractivity contribution in [2.45, 2.75) is 26.5 Å². The van der Waals surface area contributed by atoms with Crippen LogP contribution in [-0.4, -0.2) is 11.2 Å². The predicted molar refractivity (Wildman–Crippen MR) is 99.4 cm³/mol. The molecule has 0 bridgehead atoms. The largest absolute Gasteiger partial charge is 0.491 e. The Morgan fingerprint density at radius 1 is 1.18 bits per heavy atom. The third-order valence-corrected chi connectivity index (χ3v) is 3.57. The van der Waals surface area contributed by atoms with Crippen molar-refractivity contribution < 1.29 is 4.74 Å². The molecule has 5 heteroatoms. The number of halogens is 1. The molecule has 0 unspecified atom stereocenters. The second-order valence-corrected chi connectivity index (χ2v) is 6.45. The molecule has 0 aromatic heterocycles. The second-order valence-electron chi connectivity index (χ2n) is 5.13. The van der Waals surface area contributed by atoms with Gasteiger partial charge in [0.1, 0.15) is 5.75 Å². The summed E-state index contributed by atoms with van der Waals surface area (Å²) in [6.07, 6.45) is 0.186. The molecule has 0 atom stereocenters. The smallest absolute Gasteiger partial charge is 0.171 e. The number of benzene rings is 2. The minimum Gasteiger partial charge on any atom is -0.491 e. The van der Waals surface area contributed by atoms with Crippen LogP contribution in [0.15, 0.2) is 53.0 Å². The average Bonchev–Trinajstić information content (AvgIpc) is 2.46. The van der Waals surface area contributed by atoms with Gasteiger partial charge in [-0.05, 0) is 62.0 Å². The highest BCUT2D eigenvalue weighted by atomic mass is 79.9. The highest BCUT2D eigenvalue weighted by Gasteiger charge is 2.01. The van der Waals surface area contributed by atoms with Gasteiger partial charge in [-0.25, -0.2) is 0 Å². The summed E-state index contributed by atoms with van der Waals surface area (Å²) >= 11 is 8.73. The van der Waals surface area contributed by atoms with E-state index in [1.807, 2.05) is 62.4 Å². The molecular formula is C17H19BrN2OS. The number of ether oxygens (including phenoxy) is 1. The van der Waals surface area contributed by atoms with Crippen LogP contribution < -0.4 is 15.4 Å². The Kier molecular flexibility index (Phi) is 6.21. The zero-order chi connectivity index (χ0) is 15.9. The SMILES string of the molecule is CC(C)Oc1ccc(CNC(=S)Nc2cccc(Br)c2)cc1. The molecule has 0 saturated carbocycles. The molecule has 0 aliphatic carbocycles. The van der Waals surface area contributed by atoms with Crippen molar-refractivity contribution in [1.82, 2.24) is 5.32 Å². The lowest BCUT2D eigenvalue weighted by atomic mass is 10.2. The number of hydrogen-bond acceptors (Lipinski definition) is 2. The van der Waals surface area contributed by atoms with Crippen molar-refractivity contribution in [2.75, 3.05) is 5.32 Å². The molecule has 3 nitrogen and oxygen atoms in total.